The third-order valence-corrected chi connectivity index (χ3v) is 4.83. The average Bonchev–Trinajstić information content (AvgIpc) is 2.27. The fraction of sp³-hybridized carbons (Fsp3) is 0.500. The molecule has 0 saturated carbocycles. The number of hydrogen-bond donors (Lipinski definition) is 1. The monoisotopic (exact) mass is 299 g/mol. The predicted molar refractivity (Wildman–Crippen MR) is 82.5 cm³/mol. The van der Waals surface area contributed by atoms with E-state index < -0.39 is 14.0 Å². The zero-order chi connectivity index (χ0) is 14.5. The maximum atomic E-state index is 10.9. The first-order chi connectivity index (χ1) is 8.76. The second kappa shape index (κ2) is 7.08. The van der Waals surface area contributed by atoms with Crippen molar-refractivity contribution in [3.05, 3.63) is 34.9 Å². The number of carbonyl (C=O) groups is 1. The second-order valence-corrected chi connectivity index (χ2v) is 12.1. The van der Waals surface area contributed by atoms with Gasteiger partial charge in [0.25, 0.3) is 0 Å². The molecule has 0 bridgehead atoms. The molecule has 0 amide bonds. The molecule has 0 saturated heterocycles. The summed E-state index contributed by atoms with van der Waals surface area (Å²) in [7, 11) is -1.15. The van der Waals surface area contributed by atoms with E-state index in [0.29, 0.717) is 11.6 Å². The molecule has 106 valence electrons. The van der Waals surface area contributed by atoms with Crippen LogP contribution >= 0.6 is 11.6 Å². The Kier molecular flexibility index (Phi) is 6.04. The molecule has 5 heteroatoms. The molecule has 0 atom stereocenters. The minimum Gasteiger partial charge on any atom is -0.480 e. The molecule has 3 nitrogen and oxygen atoms in total. The lowest BCUT2D eigenvalue weighted by atomic mass is 10.2. The van der Waals surface area contributed by atoms with Gasteiger partial charge in [-0.15, -0.1) is 0 Å². The first kappa shape index (κ1) is 16.2. The molecule has 0 fully saturated rings. The van der Waals surface area contributed by atoms with E-state index in [9.17, 15) is 4.79 Å². The van der Waals surface area contributed by atoms with Crippen LogP contribution < -0.4 is 0 Å². The summed E-state index contributed by atoms with van der Waals surface area (Å²) < 4.78 is 0. The Bertz CT molecular complexity index is 414. The SMILES string of the molecule is C[Si](C)(C)CCN(CC(=O)O)Cc1ccc(Cl)cc1. The molecule has 0 spiro atoms. The lowest BCUT2D eigenvalue weighted by Gasteiger charge is -2.24. The largest absolute Gasteiger partial charge is 0.480 e. The number of aliphatic carboxylic acids is 1. The molecule has 0 heterocycles. The van der Waals surface area contributed by atoms with E-state index in [4.69, 9.17) is 16.7 Å². The minimum atomic E-state index is -1.15. The summed E-state index contributed by atoms with van der Waals surface area (Å²) in [6.45, 7) is 8.49. The quantitative estimate of drug-likeness (QED) is 0.783. The first-order valence-electron chi connectivity index (χ1n) is 6.45. The van der Waals surface area contributed by atoms with E-state index in [1.807, 2.05) is 29.2 Å². The second-order valence-electron chi connectivity index (χ2n) is 6.04. The van der Waals surface area contributed by atoms with Crippen molar-refractivity contribution < 1.29 is 9.90 Å². The van der Waals surface area contributed by atoms with E-state index in [2.05, 4.69) is 19.6 Å². The van der Waals surface area contributed by atoms with Crippen molar-refractivity contribution in [2.24, 2.45) is 0 Å². The Balaban J connectivity index is 2.63. The van der Waals surface area contributed by atoms with Crippen LogP contribution in [-0.4, -0.2) is 37.1 Å². The zero-order valence-electron chi connectivity index (χ0n) is 11.8. The van der Waals surface area contributed by atoms with Crippen LogP contribution in [0.15, 0.2) is 24.3 Å². The first-order valence-corrected chi connectivity index (χ1v) is 10.5. The molecule has 0 aliphatic rings. The van der Waals surface area contributed by atoms with Gasteiger partial charge in [-0.05, 0) is 30.3 Å². The number of nitrogens with zero attached hydrogens (tertiary/aromatic N) is 1. The molecule has 1 aromatic rings. The maximum Gasteiger partial charge on any atom is 0.317 e. The molecule has 1 rings (SSSR count). The Morgan fingerprint density at radius 1 is 1.26 bits per heavy atom. The predicted octanol–water partition coefficient (Wildman–Crippen LogP) is 3.56. The van der Waals surface area contributed by atoms with Gasteiger partial charge in [0.15, 0.2) is 0 Å². The lowest BCUT2D eigenvalue weighted by molar-refractivity contribution is -0.138. The third-order valence-electron chi connectivity index (χ3n) is 2.86. The fourth-order valence-corrected chi connectivity index (χ4v) is 2.86. The minimum absolute atomic E-state index is 0.0904. The Hall–Kier alpha value is -0.843. The number of carboxylic acid groups (broad SMARTS) is 1. The van der Waals surface area contributed by atoms with Gasteiger partial charge in [0.1, 0.15) is 0 Å². The maximum absolute atomic E-state index is 10.9. The van der Waals surface area contributed by atoms with Gasteiger partial charge >= 0.3 is 5.97 Å². The van der Waals surface area contributed by atoms with E-state index in [1.165, 1.54) is 0 Å². The van der Waals surface area contributed by atoms with E-state index in [0.717, 1.165) is 18.2 Å². The summed E-state index contributed by atoms with van der Waals surface area (Å²) >= 11 is 5.85. The summed E-state index contributed by atoms with van der Waals surface area (Å²) in [5.74, 6) is -0.774. The van der Waals surface area contributed by atoms with Crippen LogP contribution in [-0.2, 0) is 11.3 Å². The van der Waals surface area contributed by atoms with Crippen LogP contribution in [0.3, 0.4) is 0 Å². The fourth-order valence-electron chi connectivity index (χ4n) is 1.75. The van der Waals surface area contributed by atoms with Crippen LogP contribution in [0.1, 0.15) is 5.56 Å². The van der Waals surface area contributed by atoms with Crippen molar-refractivity contribution in [1.82, 2.24) is 4.90 Å². The topological polar surface area (TPSA) is 40.5 Å². The van der Waals surface area contributed by atoms with Crippen molar-refractivity contribution in [1.29, 1.82) is 0 Å². The highest BCUT2D eigenvalue weighted by molar-refractivity contribution is 6.76. The number of rotatable bonds is 7. The van der Waals surface area contributed by atoms with Gasteiger partial charge < -0.3 is 5.11 Å². The number of hydrogen-bond acceptors (Lipinski definition) is 2. The van der Waals surface area contributed by atoms with Gasteiger partial charge in [-0.1, -0.05) is 43.4 Å². The molecule has 0 aliphatic heterocycles. The van der Waals surface area contributed by atoms with Gasteiger partial charge in [0, 0.05) is 19.6 Å². The van der Waals surface area contributed by atoms with Crippen LogP contribution in [0.5, 0.6) is 0 Å². The van der Waals surface area contributed by atoms with Crippen molar-refractivity contribution in [2.45, 2.75) is 32.2 Å². The summed E-state index contributed by atoms with van der Waals surface area (Å²) in [5, 5.41) is 9.69. The van der Waals surface area contributed by atoms with Gasteiger partial charge in [-0.25, -0.2) is 0 Å². The lowest BCUT2D eigenvalue weighted by Crippen LogP contribution is -2.34. The average molecular weight is 300 g/mol. The highest BCUT2D eigenvalue weighted by atomic mass is 35.5. The van der Waals surface area contributed by atoms with Crippen LogP contribution in [0, 0.1) is 0 Å². The zero-order valence-corrected chi connectivity index (χ0v) is 13.6. The molecular formula is C14H22ClNO2Si. The van der Waals surface area contributed by atoms with Crippen molar-refractivity contribution in [3.8, 4) is 0 Å². The molecule has 0 radical (unpaired) electrons. The van der Waals surface area contributed by atoms with E-state index in [1.54, 1.807) is 0 Å². The van der Waals surface area contributed by atoms with Gasteiger partial charge in [0.2, 0.25) is 0 Å². The molecule has 0 unspecified atom stereocenters. The molecule has 1 N–H and O–H groups in total. The Labute approximate surface area is 121 Å². The number of benzene rings is 1. The number of halogens is 1. The van der Waals surface area contributed by atoms with Gasteiger partial charge in [0.05, 0.1) is 6.54 Å². The molecule has 19 heavy (non-hydrogen) atoms. The standard InChI is InChI=1S/C14H22ClNO2Si/c1-19(2,3)9-8-16(11-14(17)18)10-12-4-6-13(15)7-5-12/h4-7H,8-11H2,1-3H3,(H,17,18). The molecule has 1 aromatic carbocycles. The van der Waals surface area contributed by atoms with Crippen LogP contribution in [0.4, 0.5) is 0 Å². The van der Waals surface area contributed by atoms with E-state index in [-0.39, 0.29) is 6.54 Å². The summed E-state index contributed by atoms with van der Waals surface area (Å²) in [4.78, 5) is 12.9. The Morgan fingerprint density at radius 3 is 2.32 bits per heavy atom. The Morgan fingerprint density at radius 2 is 1.84 bits per heavy atom. The smallest absolute Gasteiger partial charge is 0.317 e. The van der Waals surface area contributed by atoms with Crippen molar-refractivity contribution >= 4 is 25.6 Å². The molecule has 0 aliphatic carbocycles. The van der Waals surface area contributed by atoms with Crippen LogP contribution in [0.2, 0.25) is 30.7 Å². The molecular weight excluding hydrogens is 278 g/mol. The van der Waals surface area contributed by atoms with Crippen molar-refractivity contribution in [2.75, 3.05) is 13.1 Å². The van der Waals surface area contributed by atoms with Crippen molar-refractivity contribution in [3.63, 3.8) is 0 Å². The molecule has 0 aromatic heterocycles. The highest BCUT2D eigenvalue weighted by Gasteiger charge is 2.17. The van der Waals surface area contributed by atoms with Gasteiger partial charge in [-0.2, -0.15) is 0 Å². The van der Waals surface area contributed by atoms with E-state index >= 15 is 0 Å². The van der Waals surface area contributed by atoms with Gasteiger partial charge in [-0.3, -0.25) is 9.69 Å². The number of carboxylic acids is 1. The normalized spacial score (nSPS) is 11.8. The third kappa shape index (κ3) is 7.35. The summed E-state index contributed by atoms with van der Waals surface area (Å²) in [5.41, 5.74) is 1.10. The van der Waals surface area contributed by atoms with Crippen LogP contribution in [0.25, 0.3) is 0 Å². The summed E-state index contributed by atoms with van der Waals surface area (Å²) in [6.07, 6.45) is 0. The highest BCUT2D eigenvalue weighted by Crippen LogP contribution is 2.14. The summed E-state index contributed by atoms with van der Waals surface area (Å²) in [6, 6.07) is 8.69.